The zero-order valence-electron chi connectivity index (χ0n) is 20.7. The number of allylic oxidation sites excluding steroid dienone is 3. The number of aliphatic imine (C=N–C) groups is 1. The topological polar surface area (TPSA) is 95.4 Å². The van der Waals surface area contributed by atoms with Crippen LogP contribution in [-0.4, -0.2) is 91.5 Å². The van der Waals surface area contributed by atoms with Crippen molar-refractivity contribution in [2.45, 2.75) is 39.0 Å². The molecule has 0 spiro atoms. The Morgan fingerprint density at radius 3 is 2.70 bits per heavy atom. The van der Waals surface area contributed by atoms with Gasteiger partial charge in [0.15, 0.2) is 0 Å². The van der Waals surface area contributed by atoms with Crippen molar-refractivity contribution in [1.82, 2.24) is 25.8 Å². The fourth-order valence-corrected chi connectivity index (χ4v) is 4.00. The third-order valence-electron chi connectivity index (χ3n) is 6.16. The van der Waals surface area contributed by atoms with Crippen LogP contribution < -0.4 is 16.0 Å². The highest BCUT2D eigenvalue weighted by Crippen LogP contribution is 2.18. The average Bonchev–Trinajstić information content (AvgIpc) is 3.37. The summed E-state index contributed by atoms with van der Waals surface area (Å²) in [6.45, 7) is 8.22. The summed E-state index contributed by atoms with van der Waals surface area (Å²) in [5.41, 5.74) is 1.18. The van der Waals surface area contributed by atoms with E-state index in [9.17, 15) is 5.11 Å². The summed E-state index contributed by atoms with van der Waals surface area (Å²) in [7, 11) is 3.83. The van der Waals surface area contributed by atoms with Crippen LogP contribution in [0, 0.1) is 11.8 Å². The molecule has 0 radical (unpaired) electrons. The Balaban J connectivity index is 1.70. The molecule has 8 nitrogen and oxygen atoms in total. The summed E-state index contributed by atoms with van der Waals surface area (Å²) in [6.07, 6.45) is 16.6. The van der Waals surface area contributed by atoms with Gasteiger partial charge in [-0.05, 0) is 51.4 Å². The second kappa shape index (κ2) is 14.8. The van der Waals surface area contributed by atoms with Gasteiger partial charge in [0.25, 0.3) is 0 Å². The number of aliphatic hydroxyl groups excluding tert-OH is 2. The third kappa shape index (κ3) is 9.61. The number of hydrogen-bond donors (Lipinski definition) is 5. The van der Waals surface area contributed by atoms with Crippen LogP contribution in [0.4, 0.5) is 0 Å². The smallest absolute Gasteiger partial charge is 0.122 e. The molecule has 0 aromatic rings. The molecule has 0 fully saturated rings. The molecule has 2 rings (SSSR count). The van der Waals surface area contributed by atoms with E-state index in [1.807, 2.05) is 26.5 Å². The Bertz CT molecular complexity index is 710. The molecule has 186 valence electrons. The lowest BCUT2D eigenvalue weighted by Gasteiger charge is -2.25. The minimum atomic E-state index is -0.661. The van der Waals surface area contributed by atoms with Crippen molar-refractivity contribution >= 4 is 5.84 Å². The molecule has 2 aliphatic rings. The molecule has 0 saturated carbocycles. The van der Waals surface area contributed by atoms with Gasteiger partial charge < -0.3 is 36.0 Å². The normalized spacial score (nSPS) is 20.6. The van der Waals surface area contributed by atoms with E-state index in [1.165, 1.54) is 5.70 Å². The van der Waals surface area contributed by atoms with E-state index in [0.29, 0.717) is 18.4 Å². The van der Waals surface area contributed by atoms with Gasteiger partial charge in [-0.1, -0.05) is 25.2 Å². The molecule has 8 heteroatoms. The molecule has 0 saturated heterocycles. The van der Waals surface area contributed by atoms with Crippen LogP contribution in [0.25, 0.3) is 0 Å². The molecule has 0 bridgehead atoms. The molecule has 5 N–H and O–H groups in total. The van der Waals surface area contributed by atoms with E-state index in [0.717, 1.165) is 44.9 Å². The van der Waals surface area contributed by atoms with E-state index in [2.05, 4.69) is 75.0 Å². The summed E-state index contributed by atoms with van der Waals surface area (Å²) in [5, 5.41) is 28.6. The molecule has 0 aromatic heterocycles. The van der Waals surface area contributed by atoms with Gasteiger partial charge in [-0.25, -0.2) is 0 Å². The van der Waals surface area contributed by atoms with Gasteiger partial charge in [-0.3, -0.25) is 4.99 Å². The highest BCUT2D eigenvalue weighted by Gasteiger charge is 2.15. The standard InChI is InChI=1S/C25H44N6O2/c1-5-31(24(26-3)11-6-20(2)25-28-13-14-29-25)17-15-27-22-9-7-21(8-10-22)12-16-30(4)18-23(33)19-32/h6-7,9-11,13-14,20-21,23,25,27-29,32-33H,5,8,12,15-19H2,1-4H3/b11-6-,26-24+. The maximum atomic E-state index is 9.54. The number of likely N-dealkylation sites (N-methyl/N-ethyl adjacent to an activating group) is 2. The van der Waals surface area contributed by atoms with Crippen LogP contribution >= 0.6 is 0 Å². The van der Waals surface area contributed by atoms with Crippen LogP contribution in [-0.2, 0) is 0 Å². The Kier molecular flexibility index (Phi) is 12.1. The molecule has 1 heterocycles. The van der Waals surface area contributed by atoms with E-state index in [-0.39, 0.29) is 12.8 Å². The summed E-state index contributed by atoms with van der Waals surface area (Å²) in [4.78, 5) is 8.86. The first-order valence-electron chi connectivity index (χ1n) is 12.1. The first-order valence-corrected chi connectivity index (χ1v) is 12.1. The third-order valence-corrected chi connectivity index (χ3v) is 6.16. The Hall–Kier alpha value is -2.29. The highest BCUT2D eigenvalue weighted by atomic mass is 16.3. The predicted molar refractivity (Wildman–Crippen MR) is 137 cm³/mol. The Labute approximate surface area is 199 Å². The maximum Gasteiger partial charge on any atom is 0.122 e. The second-order valence-electron chi connectivity index (χ2n) is 8.85. The van der Waals surface area contributed by atoms with E-state index in [1.54, 1.807) is 0 Å². The number of nitrogens with one attached hydrogen (secondary N) is 3. The minimum absolute atomic E-state index is 0.185. The molecule has 1 aliphatic heterocycles. The average molecular weight is 461 g/mol. The molecule has 33 heavy (non-hydrogen) atoms. The summed E-state index contributed by atoms with van der Waals surface area (Å²) in [5.74, 6) is 1.86. The lowest BCUT2D eigenvalue weighted by molar-refractivity contribution is 0.0656. The van der Waals surface area contributed by atoms with Gasteiger partial charge in [0.2, 0.25) is 0 Å². The van der Waals surface area contributed by atoms with Crippen molar-refractivity contribution in [3.05, 3.63) is 48.5 Å². The molecular weight excluding hydrogens is 416 g/mol. The van der Waals surface area contributed by atoms with E-state index >= 15 is 0 Å². The van der Waals surface area contributed by atoms with Gasteiger partial charge in [-0.15, -0.1) is 0 Å². The number of hydrogen-bond acceptors (Lipinski definition) is 7. The van der Waals surface area contributed by atoms with Crippen molar-refractivity contribution < 1.29 is 10.2 Å². The number of amidine groups is 1. The first kappa shape index (κ1) is 27.0. The largest absolute Gasteiger partial charge is 0.394 e. The monoisotopic (exact) mass is 460 g/mol. The molecule has 0 aromatic carbocycles. The highest BCUT2D eigenvalue weighted by molar-refractivity contribution is 5.92. The molecule has 1 aliphatic carbocycles. The molecule has 3 atom stereocenters. The van der Waals surface area contributed by atoms with Gasteiger partial charge in [0, 0.05) is 57.2 Å². The van der Waals surface area contributed by atoms with Crippen LogP contribution in [0.15, 0.2) is 53.5 Å². The van der Waals surface area contributed by atoms with Gasteiger partial charge in [0.1, 0.15) is 12.0 Å². The lowest BCUT2D eigenvalue weighted by atomic mass is 9.96. The zero-order valence-corrected chi connectivity index (χ0v) is 20.7. The summed E-state index contributed by atoms with van der Waals surface area (Å²) in [6, 6.07) is 0. The zero-order chi connectivity index (χ0) is 24.1. The Morgan fingerprint density at radius 1 is 1.33 bits per heavy atom. The SMILES string of the molecule is CCN(CCNC1=CCC(CCN(C)CC(O)CO)C=C1)C(/C=C\C(C)C1NC=CN1)=N/C. The minimum Gasteiger partial charge on any atom is -0.394 e. The van der Waals surface area contributed by atoms with Crippen LogP contribution in [0.1, 0.15) is 26.7 Å². The van der Waals surface area contributed by atoms with Crippen molar-refractivity contribution in [2.24, 2.45) is 16.8 Å². The number of aliphatic hydroxyl groups is 2. The molecular formula is C25H44N6O2. The van der Waals surface area contributed by atoms with Crippen molar-refractivity contribution in [2.75, 3.05) is 53.4 Å². The van der Waals surface area contributed by atoms with Crippen LogP contribution in [0.3, 0.4) is 0 Å². The Morgan fingerprint density at radius 2 is 2.09 bits per heavy atom. The maximum absolute atomic E-state index is 9.54. The van der Waals surface area contributed by atoms with Crippen molar-refractivity contribution in [3.63, 3.8) is 0 Å². The van der Waals surface area contributed by atoms with Gasteiger partial charge >= 0.3 is 0 Å². The fraction of sp³-hybridized carbons (Fsp3) is 0.640. The van der Waals surface area contributed by atoms with Crippen LogP contribution in [0.2, 0.25) is 0 Å². The predicted octanol–water partition coefficient (Wildman–Crippen LogP) is 1.24. The summed E-state index contributed by atoms with van der Waals surface area (Å²) < 4.78 is 0. The van der Waals surface area contributed by atoms with Crippen molar-refractivity contribution in [1.29, 1.82) is 0 Å². The first-order chi connectivity index (χ1) is 16.0. The second-order valence-corrected chi connectivity index (χ2v) is 8.85. The summed E-state index contributed by atoms with van der Waals surface area (Å²) >= 11 is 0. The number of nitrogens with zero attached hydrogens (tertiary/aromatic N) is 3. The molecule has 0 amide bonds. The lowest BCUT2D eigenvalue weighted by Crippen LogP contribution is -2.37. The van der Waals surface area contributed by atoms with Crippen molar-refractivity contribution in [3.8, 4) is 0 Å². The van der Waals surface area contributed by atoms with Gasteiger partial charge in [-0.2, -0.15) is 0 Å². The fourth-order valence-electron chi connectivity index (χ4n) is 4.00. The van der Waals surface area contributed by atoms with Gasteiger partial charge in [0.05, 0.1) is 12.7 Å². The molecule has 3 unspecified atom stereocenters. The quantitative estimate of drug-likeness (QED) is 0.197. The van der Waals surface area contributed by atoms with Crippen LogP contribution in [0.5, 0.6) is 0 Å². The number of rotatable bonds is 14. The van der Waals surface area contributed by atoms with E-state index < -0.39 is 6.10 Å². The van der Waals surface area contributed by atoms with E-state index in [4.69, 9.17) is 5.11 Å².